The standard InChI is InChI=1S/C22H26BrN5O2/c1-12-18(9-17-16-8-15(23)11-24-20(16)27-21(17)29)26-13(2)19(12)22(30)25-10-14-4-6-28(3)7-5-14/h8-9,11,14,26H,4-7,10H2,1-3H3,(H,25,30)(H,24,27,29)/b17-9-. The largest absolute Gasteiger partial charge is 0.358 e. The van der Waals surface area contributed by atoms with Gasteiger partial charge in [-0.1, -0.05) is 0 Å². The lowest BCUT2D eigenvalue weighted by Crippen LogP contribution is -2.37. The van der Waals surface area contributed by atoms with Crippen molar-refractivity contribution in [3.8, 4) is 0 Å². The molecule has 4 rings (SSSR count). The van der Waals surface area contributed by atoms with Crippen molar-refractivity contribution in [2.45, 2.75) is 26.7 Å². The van der Waals surface area contributed by atoms with Gasteiger partial charge >= 0.3 is 0 Å². The molecule has 0 unspecified atom stereocenters. The molecule has 8 heteroatoms. The van der Waals surface area contributed by atoms with Crippen molar-refractivity contribution >= 4 is 45.2 Å². The van der Waals surface area contributed by atoms with Crippen molar-refractivity contribution in [3.63, 3.8) is 0 Å². The van der Waals surface area contributed by atoms with E-state index in [9.17, 15) is 9.59 Å². The molecule has 0 atom stereocenters. The lowest BCUT2D eigenvalue weighted by molar-refractivity contribution is -0.110. The first-order valence-electron chi connectivity index (χ1n) is 10.2. The fourth-order valence-electron chi connectivity index (χ4n) is 4.18. The Hall–Kier alpha value is -2.45. The maximum atomic E-state index is 12.9. The highest BCUT2D eigenvalue weighted by Gasteiger charge is 2.27. The van der Waals surface area contributed by atoms with Crippen LogP contribution in [0.25, 0.3) is 11.6 Å². The predicted molar refractivity (Wildman–Crippen MR) is 121 cm³/mol. The number of amides is 2. The maximum Gasteiger partial charge on any atom is 0.257 e. The van der Waals surface area contributed by atoms with Crippen LogP contribution in [0.1, 0.15) is 45.7 Å². The topological polar surface area (TPSA) is 90.1 Å². The van der Waals surface area contributed by atoms with Crippen molar-refractivity contribution in [1.29, 1.82) is 0 Å². The number of anilines is 1. The maximum absolute atomic E-state index is 12.9. The number of H-pyrrole nitrogens is 1. The van der Waals surface area contributed by atoms with E-state index in [1.165, 1.54) is 0 Å². The molecule has 0 spiro atoms. The smallest absolute Gasteiger partial charge is 0.257 e. The number of aromatic nitrogens is 2. The molecular weight excluding hydrogens is 446 g/mol. The van der Waals surface area contributed by atoms with Crippen molar-refractivity contribution in [1.82, 2.24) is 20.2 Å². The molecule has 2 aromatic rings. The predicted octanol–water partition coefficient (Wildman–Crippen LogP) is 3.35. The number of carbonyl (C=O) groups is 2. The Morgan fingerprint density at radius 2 is 2.10 bits per heavy atom. The molecule has 0 radical (unpaired) electrons. The molecule has 158 valence electrons. The Morgan fingerprint density at radius 1 is 1.37 bits per heavy atom. The van der Waals surface area contributed by atoms with Gasteiger partial charge in [0.15, 0.2) is 0 Å². The molecule has 2 aromatic heterocycles. The Morgan fingerprint density at radius 3 is 2.83 bits per heavy atom. The Bertz CT molecular complexity index is 1030. The molecule has 2 aliphatic heterocycles. The van der Waals surface area contributed by atoms with E-state index in [0.717, 1.165) is 52.9 Å². The molecule has 1 fully saturated rings. The summed E-state index contributed by atoms with van der Waals surface area (Å²) >= 11 is 3.41. The van der Waals surface area contributed by atoms with Gasteiger partial charge < -0.3 is 20.5 Å². The van der Waals surface area contributed by atoms with Gasteiger partial charge in [0, 0.05) is 34.2 Å². The van der Waals surface area contributed by atoms with Crippen molar-refractivity contribution in [3.05, 3.63) is 44.8 Å². The van der Waals surface area contributed by atoms with E-state index in [0.29, 0.717) is 29.4 Å². The molecule has 0 aromatic carbocycles. The second-order valence-electron chi connectivity index (χ2n) is 8.18. The van der Waals surface area contributed by atoms with Crippen LogP contribution in [0.4, 0.5) is 5.82 Å². The summed E-state index contributed by atoms with van der Waals surface area (Å²) in [5, 5.41) is 5.89. The summed E-state index contributed by atoms with van der Waals surface area (Å²) in [6, 6.07) is 1.87. The summed E-state index contributed by atoms with van der Waals surface area (Å²) in [7, 11) is 2.13. The first-order chi connectivity index (χ1) is 14.3. The van der Waals surface area contributed by atoms with E-state index < -0.39 is 0 Å². The highest BCUT2D eigenvalue weighted by molar-refractivity contribution is 9.10. The van der Waals surface area contributed by atoms with Crippen molar-refractivity contribution < 1.29 is 9.59 Å². The Kier molecular flexibility index (Phi) is 5.79. The molecule has 2 aliphatic rings. The first kappa shape index (κ1) is 20.8. The summed E-state index contributed by atoms with van der Waals surface area (Å²) in [6.45, 7) is 6.65. The van der Waals surface area contributed by atoms with E-state index in [-0.39, 0.29) is 11.8 Å². The number of aromatic amines is 1. The van der Waals surface area contributed by atoms with Crippen LogP contribution in [0.5, 0.6) is 0 Å². The molecular formula is C22H26BrN5O2. The van der Waals surface area contributed by atoms with Crippen LogP contribution in [-0.4, -0.2) is 53.4 Å². The molecule has 4 heterocycles. The SMILES string of the molecule is Cc1[nH]c(/C=C2\C(=O)Nc3ncc(Br)cc32)c(C)c1C(=O)NCC1CCN(C)CC1. The molecule has 30 heavy (non-hydrogen) atoms. The van der Waals surface area contributed by atoms with E-state index in [2.05, 4.69) is 48.5 Å². The minimum atomic E-state index is -0.199. The van der Waals surface area contributed by atoms with Gasteiger partial charge in [-0.15, -0.1) is 0 Å². The number of rotatable bonds is 4. The molecule has 0 aliphatic carbocycles. The number of piperidine rings is 1. The van der Waals surface area contributed by atoms with Crippen molar-refractivity contribution in [2.75, 3.05) is 32.0 Å². The Labute approximate surface area is 184 Å². The number of hydrogen-bond donors (Lipinski definition) is 3. The van der Waals surface area contributed by atoms with Crippen LogP contribution in [0, 0.1) is 19.8 Å². The third kappa shape index (κ3) is 4.06. The van der Waals surface area contributed by atoms with Crippen LogP contribution in [0.15, 0.2) is 16.7 Å². The number of likely N-dealkylation sites (tertiary alicyclic amines) is 1. The zero-order valence-electron chi connectivity index (χ0n) is 17.4. The van der Waals surface area contributed by atoms with Crippen molar-refractivity contribution in [2.24, 2.45) is 5.92 Å². The van der Waals surface area contributed by atoms with Gasteiger partial charge in [-0.3, -0.25) is 9.59 Å². The van der Waals surface area contributed by atoms with Crippen LogP contribution < -0.4 is 10.6 Å². The third-order valence-electron chi connectivity index (χ3n) is 6.00. The van der Waals surface area contributed by atoms with Gasteiger partial charge in [0.2, 0.25) is 0 Å². The zero-order chi connectivity index (χ0) is 21.4. The minimum absolute atomic E-state index is 0.0643. The number of aryl methyl sites for hydroxylation is 1. The first-order valence-corrected chi connectivity index (χ1v) is 11.0. The van der Waals surface area contributed by atoms with Crippen LogP contribution in [0.2, 0.25) is 0 Å². The minimum Gasteiger partial charge on any atom is -0.358 e. The lowest BCUT2D eigenvalue weighted by Gasteiger charge is -2.28. The summed E-state index contributed by atoms with van der Waals surface area (Å²) in [6.07, 6.45) is 5.67. The van der Waals surface area contributed by atoms with E-state index in [4.69, 9.17) is 0 Å². The second kappa shape index (κ2) is 8.35. The van der Waals surface area contributed by atoms with Crippen LogP contribution in [0.3, 0.4) is 0 Å². The van der Waals surface area contributed by atoms with Crippen LogP contribution in [-0.2, 0) is 4.79 Å². The lowest BCUT2D eigenvalue weighted by atomic mass is 9.97. The Balaban J connectivity index is 1.54. The van der Waals surface area contributed by atoms with Gasteiger partial charge in [0.1, 0.15) is 5.82 Å². The number of hydrogen-bond acceptors (Lipinski definition) is 4. The fraction of sp³-hybridized carbons (Fsp3) is 0.409. The van der Waals surface area contributed by atoms with E-state index in [1.807, 2.05) is 19.9 Å². The highest BCUT2D eigenvalue weighted by atomic mass is 79.9. The summed E-state index contributed by atoms with van der Waals surface area (Å²) in [5.41, 5.74) is 4.32. The fourth-order valence-corrected chi connectivity index (χ4v) is 4.51. The third-order valence-corrected chi connectivity index (χ3v) is 6.44. The normalized spacial score (nSPS) is 18.5. The number of nitrogens with one attached hydrogen (secondary N) is 3. The monoisotopic (exact) mass is 471 g/mol. The average Bonchev–Trinajstić information content (AvgIpc) is 3.17. The average molecular weight is 472 g/mol. The highest BCUT2D eigenvalue weighted by Crippen LogP contribution is 2.34. The summed E-state index contributed by atoms with van der Waals surface area (Å²) in [5.74, 6) is 0.809. The quantitative estimate of drug-likeness (QED) is 0.596. The molecule has 3 N–H and O–H groups in total. The van der Waals surface area contributed by atoms with E-state index >= 15 is 0 Å². The molecule has 2 amide bonds. The number of pyridine rings is 1. The molecule has 7 nitrogen and oxygen atoms in total. The molecule has 1 saturated heterocycles. The second-order valence-corrected chi connectivity index (χ2v) is 9.10. The molecule has 0 saturated carbocycles. The number of carbonyl (C=O) groups excluding carboxylic acids is 2. The van der Waals surface area contributed by atoms with Gasteiger partial charge in [-0.25, -0.2) is 4.98 Å². The number of fused-ring (bicyclic) bond motifs is 1. The number of halogens is 1. The molecule has 0 bridgehead atoms. The number of nitrogens with zero attached hydrogens (tertiary/aromatic N) is 2. The van der Waals surface area contributed by atoms with Gasteiger partial charge in [-0.05, 0) is 86.4 Å². The van der Waals surface area contributed by atoms with Gasteiger partial charge in [0.25, 0.3) is 11.8 Å². The summed E-state index contributed by atoms with van der Waals surface area (Å²) in [4.78, 5) is 35.2. The van der Waals surface area contributed by atoms with Crippen LogP contribution >= 0.6 is 15.9 Å². The summed E-state index contributed by atoms with van der Waals surface area (Å²) < 4.78 is 0.803. The zero-order valence-corrected chi connectivity index (χ0v) is 19.0. The van der Waals surface area contributed by atoms with Gasteiger partial charge in [0.05, 0.1) is 11.1 Å². The van der Waals surface area contributed by atoms with E-state index in [1.54, 1.807) is 12.3 Å². The van der Waals surface area contributed by atoms with Gasteiger partial charge in [-0.2, -0.15) is 0 Å².